The molecule has 1 aromatic carbocycles. The summed E-state index contributed by atoms with van der Waals surface area (Å²) in [6.07, 6.45) is 3.42. The van der Waals surface area contributed by atoms with Gasteiger partial charge in [0.2, 0.25) is 0 Å². The Bertz CT molecular complexity index is 477. The van der Waals surface area contributed by atoms with Crippen LogP contribution in [0.3, 0.4) is 0 Å². The van der Waals surface area contributed by atoms with Gasteiger partial charge in [0.1, 0.15) is 12.4 Å². The highest BCUT2D eigenvalue weighted by molar-refractivity contribution is 8.13. The molecule has 0 radical (unpaired) electrons. The number of rotatable bonds is 4. The van der Waals surface area contributed by atoms with Crippen molar-refractivity contribution in [3.63, 3.8) is 0 Å². The van der Waals surface area contributed by atoms with Crippen LogP contribution in [-0.4, -0.2) is 27.7 Å². The molecule has 1 aliphatic heterocycles. The molecule has 1 heterocycles. The van der Waals surface area contributed by atoms with Crippen LogP contribution in [-0.2, 0) is 13.8 Å². The van der Waals surface area contributed by atoms with Crippen molar-refractivity contribution in [2.75, 3.05) is 13.2 Å². The lowest BCUT2D eigenvalue weighted by Crippen LogP contribution is -2.25. The molecule has 0 spiro atoms. The SMILES string of the molecule is O=S(=O)(Cl)c1ccc(OC[C@H]2CCCCO2)cc1. The molecule has 2 rings (SSSR count). The second kappa shape index (κ2) is 5.91. The van der Waals surface area contributed by atoms with Gasteiger partial charge in [-0.05, 0) is 43.5 Å². The highest BCUT2D eigenvalue weighted by atomic mass is 35.7. The minimum absolute atomic E-state index is 0.0745. The Labute approximate surface area is 111 Å². The minimum atomic E-state index is -3.66. The molecule has 1 atom stereocenters. The van der Waals surface area contributed by atoms with Crippen LogP contribution in [0.25, 0.3) is 0 Å². The lowest BCUT2D eigenvalue weighted by molar-refractivity contribution is -0.0110. The second-order valence-corrected chi connectivity index (χ2v) is 6.77. The molecule has 1 aliphatic rings. The second-order valence-electron chi connectivity index (χ2n) is 4.21. The normalized spacial score (nSPS) is 20.6. The zero-order valence-corrected chi connectivity index (χ0v) is 11.4. The maximum Gasteiger partial charge on any atom is 0.261 e. The predicted octanol–water partition coefficient (Wildman–Crippen LogP) is 2.56. The molecule has 0 aliphatic carbocycles. The lowest BCUT2D eigenvalue weighted by Gasteiger charge is -2.22. The molecule has 0 unspecified atom stereocenters. The molecule has 0 amide bonds. The molecule has 6 heteroatoms. The van der Waals surface area contributed by atoms with Gasteiger partial charge in [-0.3, -0.25) is 0 Å². The van der Waals surface area contributed by atoms with Crippen molar-refractivity contribution >= 4 is 19.7 Å². The predicted molar refractivity (Wildman–Crippen MR) is 68.6 cm³/mol. The summed E-state index contributed by atoms with van der Waals surface area (Å²) in [5.41, 5.74) is 0. The van der Waals surface area contributed by atoms with E-state index in [9.17, 15) is 8.42 Å². The summed E-state index contributed by atoms with van der Waals surface area (Å²) in [5, 5.41) is 0. The monoisotopic (exact) mass is 290 g/mol. The van der Waals surface area contributed by atoms with Crippen LogP contribution < -0.4 is 4.74 Å². The summed E-state index contributed by atoms with van der Waals surface area (Å²) in [4.78, 5) is 0.0745. The summed E-state index contributed by atoms with van der Waals surface area (Å²) in [7, 11) is 1.56. The number of hydrogen-bond donors (Lipinski definition) is 0. The van der Waals surface area contributed by atoms with Crippen molar-refractivity contribution in [1.82, 2.24) is 0 Å². The number of hydrogen-bond acceptors (Lipinski definition) is 4. The molecule has 1 fully saturated rings. The maximum atomic E-state index is 11.1. The van der Waals surface area contributed by atoms with Crippen molar-refractivity contribution in [1.29, 1.82) is 0 Å². The van der Waals surface area contributed by atoms with Crippen molar-refractivity contribution < 1.29 is 17.9 Å². The Kier molecular flexibility index (Phi) is 4.48. The third-order valence-electron chi connectivity index (χ3n) is 2.82. The van der Waals surface area contributed by atoms with Gasteiger partial charge in [-0.25, -0.2) is 8.42 Å². The molecule has 100 valence electrons. The molecule has 0 aromatic heterocycles. The lowest BCUT2D eigenvalue weighted by atomic mass is 10.1. The Morgan fingerprint density at radius 1 is 1.28 bits per heavy atom. The average molecular weight is 291 g/mol. The van der Waals surface area contributed by atoms with Crippen molar-refractivity contribution in [2.24, 2.45) is 0 Å². The van der Waals surface area contributed by atoms with Crippen molar-refractivity contribution in [3.05, 3.63) is 24.3 Å². The van der Waals surface area contributed by atoms with Gasteiger partial charge in [-0.2, -0.15) is 0 Å². The fourth-order valence-corrected chi connectivity index (χ4v) is 2.60. The van der Waals surface area contributed by atoms with Gasteiger partial charge in [-0.15, -0.1) is 0 Å². The first-order valence-electron chi connectivity index (χ1n) is 5.85. The van der Waals surface area contributed by atoms with E-state index in [1.165, 1.54) is 12.1 Å². The van der Waals surface area contributed by atoms with Crippen LogP contribution in [0.5, 0.6) is 5.75 Å². The number of ether oxygens (including phenoxy) is 2. The van der Waals surface area contributed by atoms with E-state index < -0.39 is 9.05 Å². The van der Waals surface area contributed by atoms with Crippen LogP contribution in [0, 0.1) is 0 Å². The van der Waals surface area contributed by atoms with Crippen LogP contribution in [0.15, 0.2) is 29.2 Å². The van der Waals surface area contributed by atoms with Crippen LogP contribution in [0.4, 0.5) is 0 Å². The molecular weight excluding hydrogens is 276 g/mol. The van der Waals surface area contributed by atoms with E-state index in [0.717, 1.165) is 25.9 Å². The Morgan fingerprint density at radius 3 is 2.56 bits per heavy atom. The molecular formula is C12H15ClO4S. The highest BCUT2D eigenvalue weighted by Gasteiger charge is 2.14. The van der Waals surface area contributed by atoms with E-state index in [1.807, 2.05) is 0 Å². The fourth-order valence-electron chi connectivity index (χ4n) is 1.83. The standard InChI is InChI=1S/C12H15ClO4S/c13-18(14,15)12-6-4-10(5-7-12)17-9-11-3-1-2-8-16-11/h4-7,11H,1-3,8-9H2/t11-/m1/s1. The average Bonchev–Trinajstić information content (AvgIpc) is 2.37. The van der Waals surface area contributed by atoms with Gasteiger partial charge >= 0.3 is 0 Å². The summed E-state index contributed by atoms with van der Waals surface area (Å²) in [6.45, 7) is 1.28. The maximum absolute atomic E-state index is 11.1. The largest absolute Gasteiger partial charge is 0.491 e. The van der Waals surface area contributed by atoms with Gasteiger partial charge < -0.3 is 9.47 Å². The van der Waals surface area contributed by atoms with Crippen molar-refractivity contribution in [2.45, 2.75) is 30.3 Å². The summed E-state index contributed by atoms with van der Waals surface area (Å²) < 4.78 is 33.2. The zero-order chi connectivity index (χ0) is 13.0. The molecule has 1 saturated heterocycles. The molecule has 1 aromatic rings. The summed E-state index contributed by atoms with van der Waals surface area (Å²) in [5.74, 6) is 0.619. The van der Waals surface area contributed by atoms with Crippen LogP contribution in [0.1, 0.15) is 19.3 Å². The van der Waals surface area contributed by atoms with Gasteiger partial charge in [0, 0.05) is 17.3 Å². The quantitative estimate of drug-likeness (QED) is 0.800. The van der Waals surface area contributed by atoms with Gasteiger partial charge in [0.05, 0.1) is 11.0 Å². The molecule has 0 bridgehead atoms. The summed E-state index contributed by atoms with van der Waals surface area (Å²) in [6, 6.07) is 6.05. The van der Waals surface area contributed by atoms with E-state index in [0.29, 0.717) is 12.4 Å². The van der Waals surface area contributed by atoms with Gasteiger partial charge in [-0.1, -0.05) is 0 Å². The number of halogens is 1. The molecule has 0 saturated carbocycles. The Hall–Kier alpha value is -0.780. The van der Waals surface area contributed by atoms with Gasteiger partial charge in [0.15, 0.2) is 0 Å². The first-order valence-corrected chi connectivity index (χ1v) is 8.16. The van der Waals surface area contributed by atoms with Crippen LogP contribution >= 0.6 is 10.7 Å². The molecule has 18 heavy (non-hydrogen) atoms. The first kappa shape index (κ1) is 13.6. The topological polar surface area (TPSA) is 52.6 Å². The molecule has 0 N–H and O–H groups in total. The smallest absolute Gasteiger partial charge is 0.261 e. The fraction of sp³-hybridized carbons (Fsp3) is 0.500. The van der Waals surface area contributed by atoms with Gasteiger partial charge in [0.25, 0.3) is 9.05 Å². The van der Waals surface area contributed by atoms with E-state index in [4.69, 9.17) is 20.2 Å². The Morgan fingerprint density at radius 2 is 2.00 bits per heavy atom. The highest BCUT2D eigenvalue weighted by Crippen LogP contribution is 2.20. The minimum Gasteiger partial charge on any atom is -0.491 e. The third-order valence-corrected chi connectivity index (χ3v) is 4.18. The first-order chi connectivity index (χ1) is 8.55. The van der Waals surface area contributed by atoms with Crippen molar-refractivity contribution in [3.8, 4) is 5.75 Å². The number of benzene rings is 1. The third kappa shape index (κ3) is 3.86. The Balaban J connectivity index is 1.90. The van der Waals surface area contributed by atoms with E-state index in [1.54, 1.807) is 12.1 Å². The molecule has 4 nitrogen and oxygen atoms in total. The van der Waals surface area contributed by atoms with E-state index in [-0.39, 0.29) is 11.0 Å². The van der Waals surface area contributed by atoms with E-state index >= 15 is 0 Å². The zero-order valence-electron chi connectivity index (χ0n) is 9.84. The van der Waals surface area contributed by atoms with Crippen LogP contribution in [0.2, 0.25) is 0 Å². The summed E-state index contributed by atoms with van der Waals surface area (Å²) >= 11 is 0. The van der Waals surface area contributed by atoms with E-state index in [2.05, 4.69) is 0 Å².